The third-order valence-electron chi connectivity index (χ3n) is 3.72. The van der Waals surface area contributed by atoms with Crippen LogP contribution >= 0.6 is 0 Å². The molecular weight excluding hydrogens is 353 g/mol. The Balaban J connectivity index is 1.92. The summed E-state index contributed by atoms with van der Waals surface area (Å²) in [6.07, 6.45) is -4.66. The van der Waals surface area contributed by atoms with Crippen molar-refractivity contribution in [1.82, 2.24) is 19.6 Å². The Morgan fingerprint density at radius 3 is 2.62 bits per heavy atom. The van der Waals surface area contributed by atoms with E-state index in [4.69, 9.17) is 0 Å². The number of nitrogens with one attached hydrogen (secondary N) is 1. The van der Waals surface area contributed by atoms with Crippen molar-refractivity contribution in [2.24, 2.45) is 0 Å². The molecule has 2 heterocycles. The molecule has 0 aliphatic carbocycles. The van der Waals surface area contributed by atoms with Gasteiger partial charge in [0.25, 0.3) is 11.5 Å². The lowest BCUT2D eigenvalue weighted by atomic mass is 10.1. The van der Waals surface area contributed by atoms with E-state index < -0.39 is 22.4 Å². The molecule has 0 saturated heterocycles. The number of aromatic nitrogens is 4. The zero-order valence-electron chi connectivity index (χ0n) is 13.7. The smallest absolute Gasteiger partial charge is 0.372 e. The predicted octanol–water partition coefficient (Wildman–Crippen LogP) is 3.28. The Kier molecular flexibility index (Phi) is 4.22. The van der Waals surface area contributed by atoms with Crippen LogP contribution in [0.15, 0.2) is 24.3 Å². The summed E-state index contributed by atoms with van der Waals surface area (Å²) in [5.74, 6) is 0.806. The van der Waals surface area contributed by atoms with Gasteiger partial charge in [0, 0.05) is 17.5 Å². The summed E-state index contributed by atoms with van der Waals surface area (Å²) in [5.41, 5.74) is -0.216. The molecule has 1 aromatic carbocycles. The molecule has 0 radical (unpaired) electrons. The minimum atomic E-state index is -4.66. The predicted molar refractivity (Wildman–Crippen MR) is 85.7 cm³/mol. The third-order valence-corrected chi connectivity index (χ3v) is 3.72. The topological polar surface area (TPSA) is 98.2 Å². The van der Waals surface area contributed by atoms with Gasteiger partial charge >= 0.3 is 6.18 Å². The molecule has 0 bridgehead atoms. The van der Waals surface area contributed by atoms with Crippen LogP contribution < -0.4 is 5.32 Å². The molecule has 0 spiro atoms. The number of anilines is 1. The molecule has 2 aromatic heterocycles. The standard InChI is InChI=1S/C15H13F3N6O2/c1-8-5-9(2)23-13(21-22-14(23)20-8)7-19-11-4-3-10(15(16,17)18)6-12(11)24(25)26/h3-6,19H,7H2,1-2H3. The summed E-state index contributed by atoms with van der Waals surface area (Å²) >= 11 is 0. The zero-order chi connectivity index (χ0) is 19.1. The average Bonchev–Trinajstić information content (AvgIpc) is 2.94. The SMILES string of the molecule is Cc1cc(C)n2c(CNc3ccc(C(F)(F)F)cc3[N+](=O)[O-])nnc2n1. The minimum absolute atomic E-state index is 0.0267. The van der Waals surface area contributed by atoms with E-state index in [1.807, 2.05) is 19.9 Å². The number of rotatable bonds is 4. The second-order valence-corrected chi connectivity index (χ2v) is 5.63. The van der Waals surface area contributed by atoms with E-state index in [0.29, 0.717) is 17.7 Å². The van der Waals surface area contributed by atoms with Crippen LogP contribution in [0.3, 0.4) is 0 Å². The van der Waals surface area contributed by atoms with E-state index in [9.17, 15) is 23.3 Å². The number of benzene rings is 1. The van der Waals surface area contributed by atoms with Gasteiger partial charge in [-0.25, -0.2) is 4.98 Å². The van der Waals surface area contributed by atoms with Crippen molar-refractivity contribution in [3.63, 3.8) is 0 Å². The first kappa shape index (κ1) is 17.6. The molecule has 136 valence electrons. The molecule has 8 nitrogen and oxygen atoms in total. The van der Waals surface area contributed by atoms with Crippen LogP contribution in [-0.2, 0) is 12.7 Å². The fourth-order valence-electron chi connectivity index (χ4n) is 2.60. The summed E-state index contributed by atoms with van der Waals surface area (Å²) in [6, 6.07) is 4.13. The lowest BCUT2D eigenvalue weighted by molar-refractivity contribution is -0.384. The quantitative estimate of drug-likeness (QED) is 0.562. The molecule has 11 heteroatoms. The van der Waals surface area contributed by atoms with E-state index >= 15 is 0 Å². The summed E-state index contributed by atoms with van der Waals surface area (Å²) in [7, 11) is 0. The highest BCUT2D eigenvalue weighted by Gasteiger charge is 2.33. The van der Waals surface area contributed by atoms with Crippen LogP contribution in [0.25, 0.3) is 5.78 Å². The van der Waals surface area contributed by atoms with Crippen molar-refractivity contribution in [3.8, 4) is 0 Å². The molecule has 0 amide bonds. The molecule has 0 atom stereocenters. The molecule has 26 heavy (non-hydrogen) atoms. The van der Waals surface area contributed by atoms with E-state index in [-0.39, 0.29) is 12.2 Å². The Bertz CT molecular complexity index is 999. The molecule has 1 N–H and O–H groups in total. The second kappa shape index (κ2) is 6.24. The number of aryl methyl sites for hydroxylation is 2. The maximum absolute atomic E-state index is 12.8. The molecule has 0 aliphatic rings. The summed E-state index contributed by atoms with van der Waals surface area (Å²) in [5, 5.41) is 21.8. The fourth-order valence-corrected chi connectivity index (χ4v) is 2.60. The number of nitro groups is 1. The zero-order valence-corrected chi connectivity index (χ0v) is 13.7. The molecular formula is C15H13F3N6O2. The maximum atomic E-state index is 12.8. The number of halogens is 3. The van der Waals surface area contributed by atoms with Gasteiger partial charge < -0.3 is 5.32 Å². The molecule has 3 aromatic rings. The van der Waals surface area contributed by atoms with Crippen LogP contribution in [-0.4, -0.2) is 24.5 Å². The number of nitro benzene ring substituents is 1. The fraction of sp³-hybridized carbons (Fsp3) is 0.267. The van der Waals surface area contributed by atoms with Gasteiger partial charge in [-0.1, -0.05) is 0 Å². The van der Waals surface area contributed by atoms with Gasteiger partial charge in [-0.2, -0.15) is 13.2 Å². The monoisotopic (exact) mass is 366 g/mol. The van der Waals surface area contributed by atoms with Gasteiger partial charge in [-0.15, -0.1) is 10.2 Å². The van der Waals surface area contributed by atoms with E-state index in [1.54, 1.807) is 4.40 Å². The van der Waals surface area contributed by atoms with E-state index in [1.165, 1.54) is 0 Å². The second-order valence-electron chi connectivity index (χ2n) is 5.63. The molecule has 0 aliphatic heterocycles. The van der Waals surface area contributed by atoms with Gasteiger partial charge in [-0.05, 0) is 32.0 Å². The van der Waals surface area contributed by atoms with Gasteiger partial charge in [0.15, 0.2) is 5.82 Å². The van der Waals surface area contributed by atoms with E-state index in [0.717, 1.165) is 23.5 Å². The lowest BCUT2D eigenvalue weighted by Gasteiger charge is -2.10. The first-order chi connectivity index (χ1) is 12.2. The van der Waals surface area contributed by atoms with Crippen molar-refractivity contribution in [1.29, 1.82) is 0 Å². The summed E-state index contributed by atoms with van der Waals surface area (Å²) in [4.78, 5) is 14.5. The van der Waals surface area contributed by atoms with Crippen LogP contribution in [0.5, 0.6) is 0 Å². The Hall–Kier alpha value is -3.24. The number of hydrogen-bond donors (Lipinski definition) is 1. The van der Waals surface area contributed by atoms with Gasteiger partial charge in [0.2, 0.25) is 0 Å². The van der Waals surface area contributed by atoms with Crippen molar-refractivity contribution in [3.05, 3.63) is 57.2 Å². The highest BCUT2D eigenvalue weighted by atomic mass is 19.4. The maximum Gasteiger partial charge on any atom is 0.416 e. The molecule has 0 unspecified atom stereocenters. The number of alkyl halides is 3. The lowest BCUT2D eigenvalue weighted by Crippen LogP contribution is -2.10. The summed E-state index contributed by atoms with van der Waals surface area (Å²) in [6.45, 7) is 3.67. The minimum Gasteiger partial charge on any atom is -0.372 e. The van der Waals surface area contributed by atoms with Crippen LogP contribution in [0, 0.1) is 24.0 Å². The van der Waals surface area contributed by atoms with Crippen molar-refractivity contribution < 1.29 is 18.1 Å². The number of fused-ring (bicyclic) bond motifs is 1. The first-order valence-corrected chi connectivity index (χ1v) is 7.44. The first-order valence-electron chi connectivity index (χ1n) is 7.44. The van der Waals surface area contributed by atoms with Crippen LogP contribution in [0.4, 0.5) is 24.5 Å². The van der Waals surface area contributed by atoms with Crippen molar-refractivity contribution in [2.75, 3.05) is 5.32 Å². The highest BCUT2D eigenvalue weighted by Crippen LogP contribution is 2.35. The Morgan fingerprint density at radius 2 is 1.96 bits per heavy atom. The van der Waals surface area contributed by atoms with Crippen LogP contribution in [0.1, 0.15) is 22.8 Å². The van der Waals surface area contributed by atoms with E-state index in [2.05, 4.69) is 20.5 Å². The average molecular weight is 366 g/mol. The third kappa shape index (κ3) is 3.27. The number of nitrogens with zero attached hydrogens (tertiary/aromatic N) is 5. The molecule has 0 saturated carbocycles. The van der Waals surface area contributed by atoms with Gasteiger partial charge in [-0.3, -0.25) is 14.5 Å². The number of hydrogen-bond acceptors (Lipinski definition) is 6. The normalized spacial score (nSPS) is 11.7. The van der Waals surface area contributed by atoms with Gasteiger partial charge in [0.05, 0.1) is 17.0 Å². The highest BCUT2D eigenvalue weighted by molar-refractivity contribution is 5.63. The molecule has 0 fully saturated rings. The Morgan fingerprint density at radius 1 is 1.23 bits per heavy atom. The van der Waals surface area contributed by atoms with Crippen molar-refractivity contribution in [2.45, 2.75) is 26.6 Å². The Labute approximate surface area is 144 Å². The summed E-state index contributed by atoms with van der Waals surface area (Å²) < 4.78 is 39.9. The van der Waals surface area contributed by atoms with Crippen LogP contribution in [0.2, 0.25) is 0 Å². The van der Waals surface area contributed by atoms with Gasteiger partial charge in [0.1, 0.15) is 5.69 Å². The molecule has 3 rings (SSSR count). The van der Waals surface area contributed by atoms with Crippen molar-refractivity contribution >= 4 is 17.2 Å². The largest absolute Gasteiger partial charge is 0.416 e.